The van der Waals surface area contributed by atoms with Gasteiger partial charge in [-0.3, -0.25) is 14.6 Å². The number of nitrogens with zero attached hydrogens (tertiary/aromatic N) is 3. The number of hydrogen-bond donors (Lipinski definition) is 0. The number of esters is 1. The first kappa shape index (κ1) is 21.9. The molecule has 2 aromatic rings. The lowest BCUT2D eigenvalue weighted by Crippen LogP contribution is -2.56. The quantitative estimate of drug-likeness (QED) is 0.662. The Hall–Kier alpha value is -2.93. The second-order valence-corrected chi connectivity index (χ2v) is 9.91. The van der Waals surface area contributed by atoms with Gasteiger partial charge >= 0.3 is 5.97 Å². The third-order valence-corrected chi connectivity index (χ3v) is 6.95. The Bertz CT molecular complexity index is 1100. The number of ether oxygens (including phenoxy) is 2. The highest BCUT2D eigenvalue weighted by Crippen LogP contribution is 2.44. The molecular formula is C26H31N3O4. The predicted molar refractivity (Wildman–Crippen MR) is 124 cm³/mol. The van der Waals surface area contributed by atoms with Gasteiger partial charge in [-0.1, -0.05) is 18.2 Å². The van der Waals surface area contributed by atoms with Gasteiger partial charge in [0.05, 0.1) is 36.9 Å². The Labute approximate surface area is 194 Å². The summed E-state index contributed by atoms with van der Waals surface area (Å²) in [5.41, 5.74) is 3.54. The SMILES string of the molecule is CCOC(=O)CC1=CN2C(OC(C)CC2(C)C)C1C(=O)N1Cc2cc3ccccc3nc2C1. The number of carbonyl (C=O) groups excluding carboxylic acids is 2. The lowest BCUT2D eigenvalue weighted by Gasteiger charge is -2.48. The largest absolute Gasteiger partial charge is 0.466 e. The molecule has 3 atom stereocenters. The highest BCUT2D eigenvalue weighted by Gasteiger charge is 2.51. The van der Waals surface area contributed by atoms with Crippen LogP contribution in [0.15, 0.2) is 42.1 Å². The zero-order chi connectivity index (χ0) is 23.3. The highest BCUT2D eigenvalue weighted by molar-refractivity contribution is 5.86. The molecule has 7 nitrogen and oxygen atoms in total. The Morgan fingerprint density at radius 2 is 2.03 bits per heavy atom. The summed E-state index contributed by atoms with van der Waals surface area (Å²) in [6.45, 7) is 9.45. The zero-order valence-electron chi connectivity index (χ0n) is 19.7. The van der Waals surface area contributed by atoms with Crippen molar-refractivity contribution in [2.75, 3.05) is 6.61 Å². The summed E-state index contributed by atoms with van der Waals surface area (Å²) in [4.78, 5) is 35.1. The Morgan fingerprint density at radius 3 is 2.82 bits per heavy atom. The number of hydrogen-bond acceptors (Lipinski definition) is 6. The number of pyridine rings is 1. The van der Waals surface area contributed by atoms with Crippen LogP contribution in [0.5, 0.6) is 0 Å². The van der Waals surface area contributed by atoms with E-state index < -0.39 is 12.1 Å². The van der Waals surface area contributed by atoms with E-state index in [4.69, 9.17) is 14.5 Å². The van der Waals surface area contributed by atoms with Crippen LogP contribution in [-0.2, 0) is 32.2 Å². The maximum atomic E-state index is 13.9. The molecule has 0 aliphatic carbocycles. The average Bonchev–Trinajstić information content (AvgIpc) is 3.32. The van der Waals surface area contributed by atoms with Gasteiger partial charge in [0, 0.05) is 23.7 Å². The van der Waals surface area contributed by atoms with Crippen LogP contribution in [0.4, 0.5) is 0 Å². The van der Waals surface area contributed by atoms with Gasteiger partial charge in [-0.25, -0.2) is 0 Å². The summed E-state index contributed by atoms with van der Waals surface area (Å²) < 4.78 is 11.5. The molecule has 5 rings (SSSR count). The van der Waals surface area contributed by atoms with E-state index in [0.29, 0.717) is 19.7 Å². The molecule has 7 heteroatoms. The summed E-state index contributed by atoms with van der Waals surface area (Å²) in [5.74, 6) is -0.880. The molecule has 3 unspecified atom stereocenters. The van der Waals surface area contributed by atoms with E-state index in [-0.39, 0.29) is 29.9 Å². The summed E-state index contributed by atoms with van der Waals surface area (Å²) >= 11 is 0. The molecule has 33 heavy (non-hydrogen) atoms. The van der Waals surface area contributed by atoms with Crippen molar-refractivity contribution in [2.24, 2.45) is 5.92 Å². The van der Waals surface area contributed by atoms with E-state index in [2.05, 4.69) is 24.8 Å². The van der Waals surface area contributed by atoms with Crippen LogP contribution >= 0.6 is 0 Å². The molecule has 0 saturated carbocycles. The van der Waals surface area contributed by atoms with E-state index in [1.165, 1.54) is 0 Å². The second kappa shape index (κ2) is 8.13. The van der Waals surface area contributed by atoms with Gasteiger partial charge in [-0.2, -0.15) is 0 Å². The minimum atomic E-state index is -0.542. The number of para-hydroxylation sites is 1. The van der Waals surface area contributed by atoms with Crippen LogP contribution in [0.3, 0.4) is 0 Å². The first-order valence-electron chi connectivity index (χ1n) is 11.7. The van der Waals surface area contributed by atoms with E-state index >= 15 is 0 Å². The number of benzene rings is 1. The third-order valence-electron chi connectivity index (χ3n) is 6.95. The topological polar surface area (TPSA) is 72.0 Å². The van der Waals surface area contributed by atoms with Crippen molar-refractivity contribution < 1.29 is 19.1 Å². The molecule has 1 amide bonds. The van der Waals surface area contributed by atoms with Gasteiger partial charge in [0.2, 0.25) is 5.91 Å². The second-order valence-electron chi connectivity index (χ2n) is 9.91. The zero-order valence-corrected chi connectivity index (χ0v) is 19.7. The van der Waals surface area contributed by atoms with Crippen LogP contribution in [0.2, 0.25) is 0 Å². The van der Waals surface area contributed by atoms with Crippen LogP contribution in [0.1, 0.15) is 51.8 Å². The average molecular weight is 450 g/mol. The van der Waals surface area contributed by atoms with Gasteiger partial charge in [0.25, 0.3) is 0 Å². The fourth-order valence-corrected chi connectivity index (χ4v) is 5.52. The van der Waals surface area contributed by atoms with Gasteiger partial charge in [0.15, 0.2) is 0 Å². The molecular weight excluding hydrogens is 418 g/mol. The van der Waals surface area contributed by atoms with Crippen molar-refractivity contribution in [1.82, 2.24) is 14.8 Å². The minimum absolute atomic E-state index is 0.0228. The van der Waals surface area contributed by atoms with Crippen molar-refractivity contribution in [1.29, 1.82) is 0 Å². The Kier molecular flexibility index (Phi) is 5.40. The number of carbonyl (C=O) groups is 2. The van der Waals surface area contributed by atoms with Crippen LogP contribution in [0, 0.1) is 5.92 Å². The van der Waals surface area contributed by atoms with E-state index in [9.17, 15) is 9.59 Å². The van der Waals surface area contributed by atoms with Crippen LogP contribution in [-0.4, -0.2) is 51.1 Å². The number of amides is 1. The maximum Gasteiger partial charge on any atom is 0.309 e. The van der Waals surface area contributed by atoms with Crippen molar-refractivity contribution in [3.63, 3.8) is 0 Å². The number of aromatic nitrogens is 1. The van der Waals surface area contributed by atoms with E-state index in [1.807, 2.05) is 42.3 Å². The maximum absolute atomic E-state index is 13.9. The Morgan fingerprint density at radius 1 is 1.24 bits per heavy atom. The molecule has 1 aromatic heterocycles. The first-order valence-corrected chi connectivity index (χ1v) is 11.7. The van der Waals surface area contributed by atoms with Crippen molar-refractivity contribution >= 4 is 22.8 Å². The Balaban J connectivity index is 1.44. The van der Waals surface area contributed by atoms with E-state index in [1.54, 1.807) is 6.92 Å². The van der Waals surface area contributed by atoms with Gasteiger partial charge in [0.1, 0.15) is 12.1 Å². The molecule has 3 aliphatic rings. The fourth-order valence-electron chi connectivity index (χ4n) is 5.52. The highest BCUT2D eigenvalue weighted by atomic mass is 16.5. The molecule has 1 saturated heterocycles. The monoisotopic (exact) mass is 449 g/mol. The van der Waals surface area contributed by atoms with Crippen LogP contribution < -0.4 is 0 Å². The van der Waals surface area contributed by atoms with Gasteiger partial charge < -0.3 is 19.3 Å². The molecule has 0 bridgehead atoms. The van der Waals surface area contributed by atoms with Crippen LogP contribution in [0.25, 0.3) is 10.9 Å². The molecule has 0 radical (unpaired) electrons. The van der Waals surface area contributed by atoms with Crippen molar-refractivity contribution in [2.45, 2.75) is 71.5 Å². The lowest BCUT2D eigenvalue weighted by molar-refractivity contribution is -0.179. The summed E-state index contributed by atoms with van der Waals surface area (Å²) in [7, 11) is 0. The summed E-state index contributed by atoms with van der Waals surface area (Å²) in [6, 6.07) is 10.1. The van der Waals surface area contributed by atoms with Gasteiger partial charge in [-0.05, 0) is 57.4 Å². The van der Waals surface area contributed by atoms with Crippen molar-refractivity contribution in [3.05, 3.63) is 53.4 Å². The summed E-state index contributed by atoms with van der Waals surface area (Å²) in [6.07, 6.45) is 2.50. The van der Waals surface area contributed by atoms with Gasteiger partial charge in [-0.15, -0.1) is 0 Å². The number of fused-ring (bicyclic) bond motifs is 3. The molecule has 0 N–H and O–H groups in total. The molecule has 1 aromatic carbocycles. The lowest BCUT2D eigenvalue weighted by atomic mass is 9.90. The third kappa shape index (κ3) is 3.88. The summed E-state index contributed by atoms with van der Waals surface area (Å²) in [5, 5.41) is 1.08. The smallest absolute Gasteiger partial charge is 0.309 e. The first-order chi connectivity index (χ1) is 15.8. The van der Waals surface area contributed by atoms with Crippen molar-refractivity contribution in [3.8, 4) is 0 Å². The molecule has 1 fully saturated rings. The molecule has 174 valence electrons. The normalized spacial score (nSPS) is 25.6. The predicted octanol–water partition coefficient (Wildman–Crippen LogP) is 3.76. The van der Waals surface area contributed by atoms with E-state index in [0.717, 1.165) is 34.2 Å². The fraction of sp³-hybridized carbons (Fsp3) is 0.500. The molecule has 3 aliphatic heterocycles. The number of rotatable bonds is 4. The minimum Gasteiger partial charge on any atom is -0.466 e. The molecule has 4 heterocycles. The standard InChI is InChI=1S/C26H31N3O4/c1-5-32-22(30)11-19-14-29-25(33-16(2)12-26(29,3)4)23(19)24(31)28-13-18-10-17-8-6-7-9-20(17)27-21(18)15-28/h6-10,14,16,23,25H,5,11-13,15H2,1-4H3. The molecule has 0 spiro atoms.